The molecule has 0 spiro atoms. The van der Waals surface area contributed by atoms with Gasteiger partial charge in [0.1, 0.15) is 6.07 Å². The zero-order valence-corrected chi connectivity index (χ0v) is 24.6. The molecular formula is C39H23N3OS. The molecule has 5 aromatic carbocycles. The molecule has 206 valence electrons. The van der Waals surface area contributed by atoms with Gasteiger partial charge in [-0.3, -0.25) is 0 Å². The van der Waals surface area contributed by atoms with Crippen LogP contribution in [0.4, 0.5) is 0 Å². The van der Waals surface area contributed by atoms with Gasteiger partial charge in [-0.1, -0.05) is 67.3 Å². The minimum absolute atomic E-state index is 0.486. The van der Waals surface area contributed by atoms with Crippen molar-refractivity contribution in [3.05, 3.63) is 125 Å². The lowest BCUT2D eigenvalue weighted by molar-refractivity contribution is 0.665. The summed E-state index contributed by atoms with van der Waals surface area (Å²) < 4.78 is 9.94. The molecule has 5 heteroatoms. The van der Waals surface area contributed by atoms with Crippen molar-refractivity contribution in [1.82, 2.24) is 4.57 Å². The van der Waals surface area contributed by atoms with Gasteiger partial charge in [0, 0.05) is 36.5 Å². The molecule has 0 saturated heterocycles. The number of para-hydroxylation sites is 2. The van der Waals surface area contributed by atoms with Gasteiger partial charge in [-0.15, -0.1) is 11.3 Å². The Morgan fingerprint density at radius 2 is 1.57 bits per heavy atom. The first-order chi connectivity index (χ1) is 21.6. The second-order valence-corrected chi connectivity index (χ2v) is 11.8. The van der Waals surface area contributed by atoms with Crippen molar-refractivity contribution in [3.8, 4) is 29.0 Å². The lowest BCUT2D eigenvalue weighted by Gasteiger charge is -2.08. The van der Waals surface area contributed by atoms with Gasteiger partial charge in [0.05, 0.1) is 33.9 Å². The van der Waals surface area contributed by atoms with E-state index in [9.17, 15) is 10.5 Å². The fraction of sp³-hybridized carbons (Fsp3) is 0.0256. The highest BCUT2D eigenvalue weighted by atomic mass is 32.1. The van der Waals surface area contributed by atoms with Gasteiger partial charge in [0.15, 0.2) is 11.2 Å². The number of rotatable bonds is 4. The van der Waals surface area contributed by atoms with E-state index in [-0.39, 0.29) is 0 Å². The van der Waals surface area contributed by atoms with Gasteiger partial charge in [-0.2, -0.15) is 10.5 Å². The summed E-state index contributed by atoms with van der Waals surface area (Å²) in [7, 11) is 0. The molecule has 44 heavy (non-hydrogen) atoms. The van der Waals surface area contributed by atoms with Crippen molar-refractivity contribution >= 4 is 77.3 Å². The van der Waals surface area contributed by atoms with E-state index in [1.54, 1.807) is 11.3 Å². The minimum atomic E-state index is 0.486. The topological polar surface area (TPSA) is 65.7 Å². The number of thiophene rings is 1. The summed E-state index contributed by atoms with van der Waals surface area (Å²) in [6, 6.07) is 35.3. The summed E-state index contributed by atoms with van der Waals surface area (Å²) in [5.74, 6) is 0. The maximum absolute atomic E-state index is 10.3. The van der Waals surface area contributed by atoms with Gasteiger partial charge in [0.25, 0.3) is 0 Å². The highest BCUT2D eigenvalue weighted by Crippen LogP contribution is 2.41. The molecule has 0 amide bonds. The molecule has 0 saturated carbocycles. The summed E-state index contributed by atoms with van der Waals surface area (Å²) in [6.45, 7) is 6.03. The number of allylic oxidation sites excluding steroid dienone is 1. The Morgan fingerprint density at radius 1 is 0.750 bits per heavy atom. The van der Waals surface area contributed by atoms with Gasteiger partial charge in [-0.25, -0.2) is 0 Å². The number of nitrogens with zero attached hydrogens (tertiary/aromatic N) is 3. The van der Waals surface area contributed by atoms with Crippen LogP contribution in [0.25, 0.3) is 82.8 Å². The predicted molar refractivity (Wildman–Crippen MR) is 183 cm³/mol. The summed E-state index contributed by atoms with van der Waals surface area (Å²) >= 11 is 1.73. The Bertz CT molecular complexity index is 2610. The van der Waals surface area contributed by atoms with Crippen LogP contribution >= 0.6 is 11.3 Å². The molecule has 3 heterocycles. The molecule has 8 rings (SSSR count). The lowest BCUT2D eigenvalue weighted by Crippen LogP contribution is -1.94. The summed E-state index contributed by atoms with van der Waals surface area (Å²) in [5.41, 5.74) is 8.30. The highest BCUT2D eigenvalue weighted by molar-refractivity contribution is 7.20. The number of benzene rings is 5. The molecule has 3 aromatic heterocycles. The zero-order valence-electron chi connectivity index (χ0n) is 23.8. The molecule has 0 fully saturated rings. The van der Waals surface area contributed by atoms with Crippen LogP contribution in [0.3, 0.4) is 0 Å². The van der Waals surface area contributed by atoms with Crippen molar-refractivity contribution in [2.24, 2.45) is 0 Å². The van der Waals surface area contributed by atoms with Gasteiger partial charge in [-0.05, 0) is 72.1 Å². The number of fused-ring (bicyclic) bond motifs is 7. The van der Waals surface area contributed by atoms with Crippen LogP contribution in [0.15, 0.2) is 108 Å². The largest absolute Gasteiger partial charge is 0.452 e. The van der Waals surface area contributed by atoms with Gasteiger partial charge >= 0.3 is 0 Å². The van der Waals surface area contributed by atoms with Crippen LogP contribution in [0, 0.1) is 22.7 Å². The molecule has 0 aliphatic carbocycles. The molecule has 0 aliphatic rings. The monoisotopic (exact) mass is 581 g/mol. The van der Waals surface area contributed by atoms with E-state index in [1.807, 2.05) is 67.6 Å². The third-order valence-corrected chi connectivity index (χ3v) is 9.53. The maximum Gasteiger partial charge on any atom is 0.159 e. The Balaban J connectivity index is 1.40. The van der Waals surface area contributed by atoms with Crippen LogP contribution in [-0.4, -0.2) is 4.57 Å². The van der Waals surface area contributed by atoms with Crippen LogP contribution < -0.4 is 0 Å². The molecule has 0 bridgehead atoms. The van der Waals surface area contributed by atoms with Crippen molar-refractivity contribution in [2.75, 3.05) is 0 Å². The Kier molecular flexibility index (Phi) is 5.78. The van der Waals surface area contributed by atoms with E-state index in [1.165, 1.54) is 10.1 Å². The van der Waals surface area contributed by atoms with Crippen molar-refractivity contribution < 1.29 is 4.42 Å². The highest BCUT2D eigenvalue weighted by Gasteiger charge is 2.20. The van der Waals surface area contributed by atoms with Crippen molar-refractivity contribution in [1.29, 1.82) is 10.5 Å². The standard InChI is InChI=1S/C39H23N3OS/c1-3-8-29-31-19-24(14-16-37(31)44-36(29)4-2)25-18-26(22-41)38-32(20-25)30-10-7-12-34(39(30)43-38)42-33-11-6-5-9-27(33)28-15-13-23(21-40)17-35(28)42/h3-20H,2H2,1H3/b8-3-. The average Bonchev–Trinajstić information content (AvgIpc) is 3.73. The van der Waals surface area contributed by atoms with Crippen molar-refractivity contribution in [2.45, 2.75) is 6.92 Å². The second kappa shape index (κ2) is 9.85. The van der Waals surface area contributed by atoms with Gasteiger partial charge in [0.2, 0.25) is 0 Å². The third kappa shape index (κ3) is 3.67. The number of hydrogen-bond acceptors (Lipinski definition) is 4. The zero-order chi connectivity index (χ0) is 29.9. The number of furan rings is 1. The molecule has 4 nitrogen and oxygen atoms in total. The average molecular weight is 582 g/mol. The second-order valence-electron chi connectivity index (χ2n) is 10.8. The minimum Gasteiger partial charge on any atom is -0.452 e. The number of nitriles is 2. The van der Waals surface area contributed by atoms with E-state index in [4.69, 9.17) is 4.42 Å². The fourth-order valence-electron chi connectivity index (χ4n) is 6.42. The summed E-state index contributed by atoms with van der Waals surface area (Å²) in [5, 5.41) is 25.1. The number of aromatic nitrogens is 1. The summed E-state index contributed by atoms with van der Waals surface area (Å²) in [4.78, 5) is 1.14. The van der Waals surface area contributed by atoms with E-state index in [2.05, 4.69) is 71.8 Å². The number of hydrogen-bond donors (Lipinski definition) is 0. The first-order valence-corrected chi connectivity index (χ1v) is 15.1. The first-order valence-electron chi connectivity index (χ1n) is 14.3. The summed E-state index contributed by atoms with van der Waals surface area (Å²) in [6.07, 6.45) is 6.09. The normalized spacial score (nSPS) is 11.7. The molecular weight excluding hydrogens is 559 g/mol. The van der Waals surface area contributed by atoms with E-state index < -0.39 is 0 Å². The Morgan fingerprint density at radius 3 is 2.39 bits per heavy atom. The molecule has 8 aromatic rings. The van der Waals surface area contributed by atoms with Gasteiger partial charge < -0.3 is 8.98 Å². The smallest absolute Gasteiger partial charge is 0.159 e. The molecule has 0 aliphatic heterocycles. The van der Waals surface area contributed by atoms with E-state index >= 15 is 0 Å². The first kappa shape index (κ1) is 25.8. The van der Waals surface area contributed by atoms with Crippen LogP contribution in [-0.2, 0) is 0 Å². The van der Waals surface area contributed by atoms with Crippen LogP contribution in [0.2, 0.25) is 0 Å². The molecule has 0 radical (unpaired) electrons. The fourth-order valence-corrected chi connectivity index (χ4v) is 7.44. The third-order valence-electron chi connectivity index (χ3n) is 8.35. The lowest BCUT2D eigenvalue weighted by atomic mass is 9.97. The van der Waals surface area contributed by atoms with E-state index in [0.717, 1.165) is 59.8 Å². The van der Waals surface area contributed by atoms with Crippen molar-refractivity contribution in [3.63, 3.8) is 0 Å². The SMILES string of the molecule is C=Cc1sc2ccc(-c3cc(C#N)c4oc5c(-n6c7ccccc7c7ccc(C#N)cc76)cccc5c4c3)cc2c1/C=C\C. The van der Waals surface area contributed by atoms with Crippen LogP contribution in [0.5, 0.6) is 0 Å². The molecule has 0 N–H and O–H groups in total. The van der Waals surface area contributed by atoms with E-state index in [0.29, 0.717) is 22.3 Å². The quantitative estimate of drug-likeness (QED) is 0.208. The molecule has 0 unspecified atom stereocenters. The molecule has 0 atom stereocenters. The Hall–Kier alpha value is -5.88. The predicted octanol–water partition coefficient (Wildman–Crippen LogP) is 11.0. The van der Waals surface area contributed by atoms with Crippen LogP contribution in [0.1, 0.15) is 28.5 Å². The Labute approximate surface area is 257 Å². The maximum atomic E-state index is 10.3.